The van der Waals surface area contributed by atoms with Crippen LogP contribution in [0.25, 0.3) is 0 Å². The molecule has 0 atom stereocenters. The summed E-state index contributed by atoms with van der Waals surface area (Å²) >= 11 is 0. The number of hydrogen-bond donors (Lipinski definition) is 0. The van der Waals surface area contributed by atoms with Gasteiger partial charge in [-0.1, -0.05) is 0 Å². The maximum absolute atomic E-state index is 12.9. The summed E-state index contributed by atoms with van der Waals surface area (Å²) in [5, 5.41) is 19.8. The van der Waals surface area contributed by atoms with Gasteiger partial charge in [-0.15, -0.1) is 0 Å². The fourth-order valence-electron chi connectivity index (χ4n) is 1.79. The summed E-state index contributed by atoms with van der Waals surface area (Å²) in [5.74, 6) is -0.354. The molecule has 0 aliphatic heterocycles. The van der Waals surface area contributed by atoms with Gasteiger partial charge in [-0.25, -0.2) is 4.39 Å². The van der Waals surface area contributed by atoms with Crippen LogP contribution in [0.1, 0.15) is 5.56 Å². The summed E-state index contributed by atoms with van der Waals surface area (Å²) in [6.07, 6.45) is 0. The molecule has 0 bridgehead atoms. The number of nitriles is 1. The van der Waals surface area contributed by atoms with Gasteiger partial charge in [0, 0.05) is 24.5 Å². The SMILES string of the molecule is CN(c1ccc(F)cc1)c1ccc(C#N)c([N+](=O)[O-])c1. The molecule has 20 heavy (non-hydrogen) atoms. The van der Waals surface area contributed by atoms with Gasteiger partial charge in [-0.2, -0.15) is 5.26 Å². The zero-order valence-electron chi connectivity index (χ0n) is 10.6. The molecule has 100 valence electrons. The lowest BCUT2D eigenvalue weighted by atomic mass is 10.1. The summed E-state index contributed by atoms with van der Waals surface area (Å²) in [6.45, 7) is 0. The molecule has 6 heteroatoms. The Balaban J connectivity index is 2.43. The number of nitrogens with zero attached hydrogens (tertiary/aromatic N) is 3. The van der Waals surface area contributed by atoms with Crippen LogP contribution in [0.4, 0.5) is 21.5 Å². The summed E-state index contributed by atoms with van der Waals surface area (Å²) in [6, 6.07) is 11.9. The molecule has 0 saturated heterocycles. The molecule has 2 aromatic carbocycles. The highest BCUT2D eigenvalue weighted by Gasteiger charge is 2.16. The first-order valence-corrected chi connectivity index (χ1v) is 5.71. The van der Waals surface area contributed by atoms with Crippen molar-refractivity contribution in [3.8, 4) is 6.07 Å². The van der Waals surface area contributed by atoms with E-state index in [4.69, 9.17) is 5.26 Å². The van der Waals surface area contributed by atoms with Gasteiger partial charge in [0.25, 0.3) is 5.69 Å². The van der Waals surface area contributed by atoms with Crippen molar-refractivity contribution in [3.63, 3.8) is 0 Å². The summed E-state index contributed by atoms with van der Waals surface area (Å²) in [7, 11) is 1.71. The normalized spacial score (nSPS) is 9.85. The Kier molecular flexibility index (Phi) is 3.62. The van der Waals surface area contributed by atoms with Crippen LogP contribution in [0.5, 0.6) is 0 Å². The van der Waals surface area contributed by atoms with Crippen LogP contribution in [0.3, 0.4) is 0 Å². The number of nitro groups is 1. The first-order valence-electron chi connectivity index (χ1n) is 5.71. The van der Waals surface area contributed by atoms with Crippen molar-refractivity contribution in [2.75, 3.05) is 11.9 Å². The average Bonchev–Trinajstić information content (AvgIpc) is 2.46. The van der Waals surface area contributed by atoms with Crippen LogP contribution in [0.15, 0.2) is 42.5 Å². The molecule has 0 aromatic heterocycles. The van der Waals surface area contributed by atoms with Crippen molar-refractivity contribution >= 4 is 17.1 Å². The van der Waals surface area contributed by atoms with Crippen molar-refractivity contribution in [3.05, 3.63) is 64.0 Å². The zero-order chi connectivity index (χ0) is 14.7. The third kappa shape index (κ3) is 2.57. The van der Waals surface area contributed by atoms with Gasteiger partial charge in [0.2, 0.25) is 0 Å². The van der Waals surface area contributed by atoms with Gasteiger partial charge < -0.3 is 4.90 Å². The maximum Gasteiger partial charge on any atom is 0.289 e. The van der Waals surface area contributed by atoms with E-state index in [0.29, 0.717) is 11.4 Å². The highest BCUT2D eigenvalue weighted by molar-refractivity contribution is 5.67. The highest BCUT2D eigenvalue weighted by Crippen LogP contribution is 2.29. The molecule has 5 nitrogen and oxygen atoms in total. The van der Waals surface area contributed by atoms with E-state index in [2.05, 4.69) is 0 Å². The largest absolute Gasteiger partial charge is 0.344 e. The Morgan fingerprint density at radius 2 is 1.80 bits per heavy atom. The van der Waals surface area contributed by atoms with Crippen molar-refractivity contribution in [1.82, 2.24) is 0 Å². The van der Waals surface area contributed by atoms with E-state index in [-0.39, 0.29) is 17.1 Å². The summed E-state index contributed by atoms with van der Waals surface area (Å²) in [4.78, 5) is 12.0. The smallest absolute Gasteiger partial charge is 0.289 e. The van der Waals surface area contributed by atoms with Crippen molar-refractivity contribution in [2.45, 2.75) is 0 Å². The molecule has 0 aliphatic carbocycles. The standard InChI is InChI=1S/C14H10FN3O2/c1-17(12-6-3-11(15)4-7-12)13-5-2-10(9-16)14(8-13)18(19)20/h2-8H,1H3. The molecule has 0 unspecified atom stereocenters. The van der Waals surface area contributed by atoms with E-state index >= 15 is 0 Å². The summed E-state index contributed by atoms with van der Waals surface area (Å²) < 4.78 is 12.9. The van der Waals surface area contributed by atoms with Crippen molar-refractivity contribution < 1.29 is 9.31 Å². The molecule has 0 amide bonds. The molecule has 0 spiro atoms. The second-order valence-corrected chi connectivity index (χ2v) is 4.11. The van der Waals surface area contributed by atoms with Crippen LogP contribution in [0.2, 0.25) is 0 Å². The first kappa shape index (κ1) is 13.5. The Morgan fingerprint density at radius 3 is 2.35 bits per heavy atom. The second-order valence-electron chi connectivity index (χ2n) is 4.11. The minimum Gasteiger partial charge on any atom is -0.344 e. The number of anilines is 2. The van der Waals surface area contributed by atoms with Crippen LogP contribution >= 0.6 is 0 Å². The Labute approximate surface area is 114 Å². The molecule has 2 aromatic rings. The van der Waals surface area contributed by atoms with Gasteiger partial charge in [0.1, 0.15) is 17.4 Å². The topological polar surface area (TPSA) is 70.2 Å². The van der Waals surface area contributed by atoms with E-state index in [0.717, 1.165) is 0 Å². The number of nitro benzene ring substituents is 1. The summed E-state index contributed by atoms with van der Waals surface area (Å²) in [5.41, 5.74) is 0.984. The molecule has 0 fully saturated rings. The zero-order valence-corrected chi connectivity index (χ0v) is 10.6. The fourth-order valence-corrected chi connectivity index (χ4v) is 1.79. The molecule has 2 rings (SSSR count). The lowest BCUT2D eigenvalue weighted by molar-refractivity contribution is -0.385. The van der Waals surface area contributed by atoms with E-state index in [1.165, 1.54) is 24.3 Å². The first-order chi connectivity index (χ1) is 9.52. The van der Waals surface area contributed by atoms with Crippen LogP contribution in [0, 0.1) is 27.3 Å². The Morgan fingerprint density at radius 1 is 1.20 bits per heavy atom. The van der Waals surface area contributed by atoms with Gasteiger partial charge in [0.15, 0.2) is 0 Å². The average molecular weight is 271 g/mol. The van der Waals surface area contributed by atoms with Crippen LogP contribution < -0.4 is 4.90 Å². The predicted molar refractivity (Wildman–Crippen MR) is 72.3 cm³/mol. The predicted octanol–water partition coefficient (Wildman–Crippen LogP) is 3.37. The van der Waals surface area contributed by atoms with E-state index in [9.17, 15) is 14.5 Å². The second kappa shape index (κ2) is 5.36. The number of hydrogen-bond acceptors (Lipinski definition) is 4. The quantitative estimate of drug-likeness (QED) is 0.633. The third-order valence-electron chi connectivity index (χ3n) is 2.90. The molecule has 0 saturated carbocycles. The van der Waals surface area contributed by atoms with E-state index in [1.54, 1.807) is 36.2 Å². The molecular formula is C14H10FN3O2. The Bertz CT molecular complexity index is 693. The van der Waals surface area contributed by atoms with Crippen LogP contribution in [-0.4, -0.2) is 12.0 Å². The minimum atomic E-state index is -0.597. The van der Waals surface area contributed by atoms with Crippen molar-refractivity contribution in [1.29, 1.82) is 5.26 Å². The minimum absolute atomic E-state index is 0.00579. The van der Waals surface area contributed by atoms with Crippen LogP contribution in [-0.2, 0) is 0 Å². The molecule has 0 N–H and O–H groups in total. The molecule has 0 radical (unpaired) electrons. The number of rotatable bonds is 3. The molecular weight excluding hydrogens is 261 g/mol. The van der Waals surface area contributed by atoms with E-state index in [1.807, 2.05) is 0 Å². The van der Waals surface area contributed by atoms with Crippen molar-refractivity contribution in [2.24, 2.45) is 0 Å². The monoisotopic (exact) mass is 271 g/mol. The van der Waals surface area contributed by atoms with E-state index < -0.39 is 4.92 Å². The highest BCUT2D eigenvalue weighted by atomic mass is 19.1. The molecule has 0 aliphatic rings. The van der Waals surface area contributed by atoms with Gasteiger partial charge >= 0.3 is 0 Å². The van der Waals surface area contributed by atoms with Gasteiger partial charge in [0.05, 0.1) is 4.92 Å². The number of benzene rings is 2. The Hall–Kier alpha value is -2.94. The maximum atomic E-state index is 12.9. The molecule has 0 heterocycles. The lowest BCUT2D eigenvalue weighted by Crippen LogP contribution is -2.10. The fraction of sp³-hybridized carbons (Fsp3) is 0.0714. The third-order valence-corrected chi connectivity index (χ3v) is 2.90. The number of halogens is 1. The lowest BCUT2D eigenvalue weighted by Gasteiger charge is -2.19. The van der Waals surface area contributed by atoms with Gasteiger partial charge in [-0.05, 0) is 36.4 Å². The van der Waals surface area contributed by atoms with Gasteiger partial charge in [-0.3, -0.25) is 10.1 Å².